The quantitative estimate of drug-likeness (QED) is 0.840. The molecule has 3 nitrogen and oxygen atoms in total. The van der Waals surface area contributed by atoms with Crippen molar-refractivity contribution in [3.05, 3.63) is 20.8 Å². The highest BCUT2D eigenvalue weighted by Crippen LogP contribution is 2.34. The molecule has 1 saturated heterocycles. The summed E-state index contributed by atoms with van der Waals surface area (Å²) in [5.41, 5.74) is 1.27. The Morgan fingerprint density at radius 3 is 2.84 bits per heavy atom. The number of hydrogen-bond acceptors (Lipinski definition) is 4. The van der Waals surface area contributed by atoms with Gasteiger partial charge in [0.2, 0.25) is 0 Å². The van der Waals surface area contributed by atoms with Crippen LogP contribution in [0.15, 0.2) is 15.2 Å². The van der Waals surface area contributed by atoms with Gasteiger partial charge in [0.05, 0.1) is 11.5 Å². The van der Waals surface area contributed by atoms with E-state index in [1.165, 1.54) is 5.56 Å². The lowest BCUT2D eigenvalue weighted by Gasteiger charge is -2.21. The highest BCUT2D eigenvalue weighted by atomic mass is 79.9. The van der Waals surface area contributed by atoms with Crippen molar-refractivity contribution in [3.63, 3.8) is 0 Å². The maximum Gasteiger partial charge on any atom is 0.150 e. The van der Waals surface area contributed by atoms with Crippen molar-refractivity contribution in [2.24, 2.45) is 5.92 Å². The zero-order valence-electron chi connectivity index (χ0n) is 11.1. The zero-order chi connectivity index (χ0) is 13.9. The van der Waals surface area contributed by atoms with Gasteiger partial charge in [-0.25, -0.2) is 8.42 Å². The Labute approximate surface area is 127 Å². The number of rotatable bonds is 6. The lowest BCUT2D eigenvalue weighted by Crippen LogP contribution is -2.25. The molecule has 1 N–H and O–H groups in total. The molecule has 0 spiro atoms. The minimum absolute atomic E-state index is 0.263. The summed E-state index contributed by atoms with van der Waals surface area (Å²) in [7, 11) is -2.78. The van der Waals surface area contributed by atoms with Gasteiger partial charge in [-0.3, -0.25) is 0 Å². The maximum absolute atomic E-state index is 11.6. The summed E-state index contributed by atoms with van der Waals surface area (Å²) in [5.74, 6) is 1.02. The van der Waals surface area contributed by atoms with Gasteiger partial charge in [-0.1, -0.05) is 6.92 Å². The van der Waals surface area contributed by atoms with Crippen LogP contribution in [0.25, 0.3) is 0 Å². The smallest absolute Gasteiger partial charge is 0.150 e. The molecule has 1 aromatic heterocycles. The van der Waals surface area contributed by atoms with Crippen LogP contribution in [-0.4, -0.2) is 26.5 Å². The molecule has 1 aromatic rings. The minimum Gasteiger partial charge on any atom is -0.310 e. The normalized spacial score (nSPS) is 23.6. The largest absolute Gasteiger partial charge is 0.310 e. The Morgan fingerprint density at radius 2 is 2.32 bits per heavy atom. The number of hydrogen-bond donors (Lipinski definition) is 1. The van der Waals surface area contributed by atoms with Crippen molar-refractivity contribution in [1.82, 2.24) is 5.32 Å². The molecule has 2 heterocycles. The molecule has 0 bridgehead atoms. The second-order valence-electron chi connectivity index (χ2n) is 5.19. The van der Waals surface area contributed by atoms with E-state index in [1.807, 2.05) is 0 Å². The monoisotopic (exact) mass is 365 g/mol. The Balaban J connectivity index is 2.05. The van der Waals surface area contributed by atoms with Gasteiger partial charge in [-0.15, -0.1) is 0 Å². The van der Waals surface area contributed by atoms with E-state index in [4.69, 9.17) is 0 Å². The molecular formula is C13H20BrNO2S2. The molecule has 2 unspecified atom stereocenters. The van der Waals surface area contributed by atoms with E-state index in [2.05, 4.69) is 38.9 Å². The second kappa shape index (κ2) is 6.70. The van der Waals surface area contributed by atoms with Crippen LogP contribution >= 0.6 is 27.3 Å². The first kappa shape index (κ1) is 15.5. The van der Waals surface area contributed by atoms with Crippen LogP contribution in [0.1, 0.15) is 37.8 Å². The minimum atomic E-state index is -2.78. The van der Waals surface area contributed by atoms with Crippen molar-refractivity contribution < 1.29 is 8.42 Å². The molecule has 19 heavy (non-hydrogen) atoms. The van der Waals surface area contributed by atoms with E-state index < -0.39 is 9.84 Å². The van der Waals surface area contributed by atoms with E-state index in [9.17, 15) is 8.42 Å². The summed E-state index contributed by atoms with van der Waals surface area (Å²) in [6, 6.07) is 0.263. The van der Waals surface area contributed by atoms with Crippen LogP contribution < -0.4 is 5.32 Å². The fourth-order valence-corrected chi connectivity index (χ4v) is 6.08. The predicted octanol–water partition coefficient (Wildman–Crippen LogP) is 3.38. The first-order valence-corrected chi connectivity index (χ1v) is 10.2. The molecule has 1 aliphatic heterocycles. The summed E-state index contributed by atoms with van der Waals surface area (Å²) in [6.07, 6.45) is 2.81. The average molecular weight is 366 g/mol. The Bertz CT molecular complexity index is 512. The number of thiophene rings is 1. The summed E-state index contributed by atoms with van der Waals surface area (Å²) < 4.78 is 24.3. The SMILES string of the molecule is CCCNC(CC1CCS(=O)(=O)C1)c1cscc1Br. The third kappa shape index (κ3) is 4.28. The Morgan fingerprint density at radius 1 is 1.53 bits per heavy atom. The van der Waals surface area contributed by atoms with Crippen molar-refractivity contribution in [2.45, 2.75) is 32.2 Å². The highest BCUT2D eigenvalue weighted by molar-refractivity contribution is 9.10. The first-order valence-electron chi connectivity index (χ1n) is 6.67. The van der Waals surface area contributed by atoms with Crippen molar-refractivity contribution in [3.8, 4) is 0 Å². The lowest BCUT2D eigenvalue weighted by molar-refractivity contribution is 0.414. The van der Waals surface area contributed by atoms with Gasteiger partial charge in [0.25, 0.3) is 0 Å². The predicted molar refractivity (Wildman–Crippen MR) is 84.4 cm³/mol. The fourth-order valence-electron chi connectivity index (χ4n) is 2.57. The average Bonchev–Trinajstić information content (AvgIpc) is 2.91. The first-order chi connectivity index (χ1) is 9.02. The maximum atomic E-state index is 11.6. The van der Waals surface area contributed by atoms with Crippen LogP contribution in [0.2, 0.25) is 0 Å². The summed E-state index contributed by atoms with van der Waals surface area (Å²) in [6.45, 7) is 3.11. The number of halogens is 1. The van der Waals surface area contributed by atoms with Crippen LogP contribution in [0.3, 0.4) is 0 Å². The molecule has 1 fully saturated rings. The molecule has 2 rings (SSSR count). The van der Waals surface area contributed by atoms with Gasteiger partial charge in [-0.2, -0.15) is 11.3 Å². The standard InChI is InChI=1S/C13H20BrNO2S2/c1-2-4-15-13(11-7-18-8-12(11)14)6-10-3-5-19(16,17)9-10/h7-8,10,13,15H,2-6,9H2,1H3. The summed E-state index contributed by atoms with van der Waals surface area (Å²) in [5, 5.41) is 7.79. The van der Waals surface area contributed by atoms with Crippen molar-refractivity contribution in [1.29, 1.82) is 0 Å². The van der Waals surface area contributed by atoms with Gasteiger partial charge in [-0.05, 0) is 58.6 Å². The van der Waals surface area contributed by atoms with Crippen molar-refractivity contribution in [2.75, 3.05) is 18.1 Å². The molecule has 6 heteroatoms. The molecule has 2 atom stereocenters. The topological polar surface area (TPSA) is 46.2 Å². The van der Waals surface area contributed by atoms with Gasteiger partial charge >= 0.3 is 0 Å². The Hall–Kier alpha value is 0.0900. The van der Waals surface area contributed by atoms with Crippen LogP contribution in [0, 0.1) is 5.92 Å². The second-order valence-corrected chi connectivity index (χ2v) is 9.01. The molecule has 0 radical (unpaired) electrons. The van der Waals surface area contributed by atoms with Gasteiger partial charge in [0.15, 0.2) is 9.84 Å². The zero-order valence-corrected chi connectivity index (χ0v) is 14.3. The van der Waals surface area contributed by atoms with E-state index in [-0.39, 0.29) is 6.04 Å². The molecule has 1 aliphatic rings. The molecule has 0 aromatic carbocycles. The number of nitrogens with one attached hydrogen (secondary N) is 1. The van der Waals surface area contributed by atoms with Crippen molar-refractivity contribution >= 4 is 37.1 Å². The van der Waals surface area contributed by atoms with Gasteiger partial charge in [0, 0.05) is 15.9 Å². The van der Waals surface area contributed by atoms with Crippen LogP contribution in [0.5, 0.6) is 0 Å². The van der Waals surface area contributed by atoms with Gasteiger partial charge in [0.1, 0.15) is 0 Å². The van der Waals surface area contributed by atoms with Gasteiger partial charge < -0.3 is 5.32 Å². The summed E-state index contributed by atoms with van der Waals surface area (Å²) in [4.78, 5) is 0. The third-order valence-electron chi connectivity index (χ3n) is 3.55. The molecule has 0 aliphatic carbocycles. The van der Waals surface area contributed by atoms with E-state index in [1.54, 1.807) is 11.3 Å². The number of sulfone groups is 1. The van der Waals surface area contributed by atoms with E-state index >= 15 is 0 Å². The fraction of sp³-hybridized carbons (Fsp3) is 0.692. The molecule has 0 amide bonds. The highest BCUT2D eigenvalue weighted by Gasteiger charge is 2.30. The van der Waals surface area contributed by atoms with Crippen LogP contribution in [-0.2, 0) is 9.84 Å². The van der Waals surface area contributed by atoms with E-state index in [0.29, 0.717) is 17.4 Å². The molecular weight excluding hydrogens is 346 g/mol. The molecule has 108 valence electrons. The summed E-state index contributed by atoms with van der Waals surface area (Å²) >= 11 is 5.26. The van der Waals surface area contributed by atoms with Crippen LogP contribution in [0.4, 0.5) is 0 Å². The Kier molecular flexibility index (Phi) is 5.45. The van der Waals surface area contributed by atoms with E-state index in [0.717, 1.165) is 30.3 Å². The molecule has 0 saturated carbocycles. The third-order valence-corrected chi connectivity index (χ3v) is 7.14. The lowest BCUT2D eigenvalue weighted by atomic mass is 9.95.